The normalized spacial score (nSPS) is 13.8. The first-order valence-corrected chi connectivity index (χ1v) is 13.5. The highest BCUT2D eigenvalue weighted by Crippen LogP contribution is 2.23. The summed E-state index contributed by atoms with van der Waals surface area (Å²) in [6.07, 6.45) is 6.47. The first-order valence-electron chi connectivity index (χ1n) is 10.8. The van der Waals surface area contributed by atoms with Crippen molar-refractivity contribution >= 4 is 43.1 Å². The second-order valence-electron chi connectivity index (χ2n) is 7.90. The number of rotatable bonds is 7. The van der Waals surface area contributed by atoms with E-state index in [9.17, 15) is 13.2 Å². The molecule has 1 saturated heterocycles. The van der Waals surface area contributed by atoms with Gasteiger partial charge in [0, 0.05) is 45.6 Å². The number of benzene rings is 1. The largest absolute Gasteiger partial charge is 0.358 e. The van der Waals surface area contributed by atoms with Gasteiger partial charge < -0.3 is 9.80 Å². The lowest BCUT2D eigenvalue weighted by Gasteiger charge is -2.22. The van der Waals surface area contributed by atoms with E-state index in [1.807, 2.05) is 22.4 Å². The van der Waals surface area contributed by atoms with Crippen molar-refractivity contribution in [3.05, 3.63) is 47.6 Å². The summed E-state index contributed by atoms with van der Waals surface area (Å²) in [7, 11) is -1.33. The van der Waals surface area contributed by atoms with Gasteiger partial charge in [-0.3, -0.25) is 4.79 Å². The van der Waals surface area contributed by atoms with E-state index in [0.29, 0.717) is 25.3 Å². The van der Waals surface area contributed by atoms with Crippen LogP contribution in [0.15, 0.2) is 46.9 Å². The zero-order valence-electron chi connectivity index (χ0n) is 18.8. The molecule has 4 rings (SSSR count). The Morgan fingerprint density at radius 1 is 1.19 bits per heavy atom. The second kappa shape index (κ2) is 10.9. The van der Waals surface area contributed by atoms with Crippen LogP contribution in [0.1, 0.15) is 31.7 Å². The maximum Gasteiger partial charge on any atom is 0.222 e. The molecule has 0 radical (unpaired) electrons. The van der Waals surface area contributed by atoms with Crippen molar-refractivity contribution in [1.29, 1.82) is 0 Å². The smallest absolute Gasteiger partial charge is 0.222 e. The average Bonchev–Trinajstić information content (AvgIpc) is 3.41. The van der Waals surface area contributed by atoms with Crippen molar-refractivity contribution in [2.75, 3.05) is 37.8 Å². The average molecular weight is 475 g/mol. The van der Waals surface area contributed by atoms with E-state index in [2.05, 4.69) is 35.1 Å². The van der Waals surface area contributed by atoms with Gasteiger partial charge in [0.2, 0.25) is 5.91 Å². The van der Waals surface area contributed by atoms with Crippen LogP contribution in [0, 0.1) is 0 Å². The third kappa shape index (κ3) is 6.26. The molecule has 1 fully saturated rings. The first kappa shape index (κ1) is 24.1. The Hall–Kier alpha value is -2.52. The Morgan fingerprint density at radius 2 is 2.00 bits per heavy atom. The van der Waals surface area contributed by atoms with E-state index in [0.717, 1.165) is 24.7 Å². The van der Waals surface area contributed by atoms with Gasteiger partial charge in [-0.2, -0.15) is 0 Å². The molecular weight excluding hydrogens is 444 g/mol. The molecule has 32 heavy (non-hydrogen) atoms. The number of aryl methyl sites for hydroxylation is 1. The van der Waals surface area contributed by atoms with Gasteiger partial charge in [-0.1, -0.05) is 25.5 Å². The number of carbonyl (C=O) groups is 1. The number of amides is 1. The van der Waals surface area contributed by atoms with Crippen molar-refractivity contribution in [2.24, 2.45) is 0 Å². The van der Waals surface area contributed by atoms with Crippen molar-refractivity contribution in [1.82, 2.24) is 14.9 Å². The Kier molecular flexibility index (Phi) is 8.20. The van der Waals surface area contributed by atoms with Gasteiger partial charge in [0.05, 0.1) is 20.6 Å². The van der Waals surface area contributed by atoms with Crippen molar-refractivity contribution in [3.8, 4) is 0 Å². The minimum Gasteiger partial charge on any atom is -0.358 e. The van der Waals surface area contributed by atoms with E-state index in [1.165, 1.54) is 29.3 Å². The first-order chi connectivity index (χ1) is 15.3. The Labute approximate surface area is 194 Å². The molecule has 172 valence electrons. The number of likely N-dealkylation sites (tertiary alicyclic amines) is 1. The minimum absolute atomic E-state index is 0.207. The standard InChI is InChI=1S/C13H19N3O3S.C10H11NS/c1-15(8-9-16-7-3-4-13(16)17)12-6-5-11(10-14-12)20(2,18)19;1-2-4-8-5-3-6-9-10(8)12-7-11-9/h5-6,10H,3-4,7-9H2,1-2H3;3,5-7H,2,4H2,1H3. The summed E-state index contributed by atoms with van der Waals surface area (Å²) in [5.74, 6) is 0.905. The highest BCUT2D eigenvalue weighted by atomic mass is 32.2. The van der Waals surface area contributed by atoms with Gasteiger partial charge in [-0.25, -0.2) is 18.4 Å². The van der Waals surface area contributed by atoms with Gasteiger partial charge in [-0.15, -0.1) is 11.3 Å². The number of anilines is 1. The summed E-state index contributed by atoms with van der Waals surface area (Å²) < 4.78 is 24.1. The highest BCUT2D eigenvalue weighted by Gasteiger charge is 2.20. The van der Waals surface area contributed by atoms with Crippen LogP contribution < -0.4 is 4.90 Å². The summed E-state index contributed by atoms with van der Waals surface area (Å²) in [6, 6.07) is 9.60. The van der Waals surface area contributed by atoms with Gasteiger partial charge in [0.1, 0.15) is 5.82 Å². The van der Waals surface area contributed by atoms with Crippen LogP contribution in [-0.4, -0.2) is 62.1 Å². The van der Waals surface area contributed by atoms with Crippen LogP contribution >= 0.6 is 11.3 Å². The molecular formula is C23H30N4O3S2. The summed E-state index contributed by atoms with van der Waals surface area (Å²) >= 11 is 1.74. The molecule has 0 N–H and O–H groups in total. The molecule has 1 amide bonds. The molecule has 1 aromatic carbocycles. The molecule has 0 spiro atoms. The van der Waals surface area contributed by atoms with E-state index in [-0.39, 0.29) is 10.8 Å². The number of thiazole rings is 1. The molecule has 9 heteroatoms. The fourth-order valence-electron chi connectivity index (χ4n) is 3.55. The fraction of sp³-hybridized carbons (Fsp3) is 0.435. The third-order valence-electron chi connectivity index (χ3n) is 5.37. The van der Waals surface area contributed by atoms with Crippen LogP contribution in [0.2, 0.25) is 0 Å². The molecule has 7 nitrogen and oxygen atoms in total. The molecule has 1 aliphatic rings. The maximum absolute atomic E-state index is 11.5. The Bertz CT molecular complexity index is 1140. The molecule has 3 heterocycles. The number of fused-ring (bicyclic) bond motifs is 1. The van der Waals surface area contributed by atoms with Gasteiger partial charge in [0.15, 0.2) is 9.84 Å². The number of aromatic nitrogens is 2. The van der Waals surface area contributed by atoms with E-state index in [1.54, 1.807) is 23.5 Å². The number of hydrogen-bond acceptors (Lipinski definition) is 7. The van der Waals surface area contributed by atoms with E-state index >= 15 is 0 Å². The molecule has 0 atom stereocenters. The van der Waals surface area contributed by atoms with E-state index in [4.69, 9.17) is 0 Å². The van der Waals surface area contributed by atoms with Gasteiger partial charge in [0.25, 0.3) is 0 Å². The zero-order chi connectivity index (χ0) is 23.1. The maximum atomic E-state index is 11.5. The van der Waals surface area contributed by atoms with Crippen LogP contribution in [0.4, 0.5) is 5.82 Å². The lowest BCUT2D eigenvalue weighted by molar-refractivity contribution is -0.127. The predicted molar refractivity (Wildman–Crippen MR) is 130 cm³/mol. The Morgan fingerprint density at radius 3 is 2.62 bits per heavy atom. The highest BCUT2D eigenvalue weighted by molar-refractivity contribution is 7.90. The number of pyridine rings is 1. The molecule has 0 aliphatic carbocycles. The van der Waals surface area contributed by atoms with Crippen LogP contribution in [0.25, 0.3) is 10.2 Å². The van der Waals surface area contributed by atoms with Crippen LogP contribution in [0.5, 0.6) is 0 Å². The number of hydrogen-bond donors (Lipinski definition) is 0. The molecule has 2 aromatic heterocycles. The fourth-order valence-corrected chi connectivity index (χ4v) is 4.95. The zero-order valence-corrected chi connectivity index (χ0v) is 20.5. The lowest BCUT2D eigenvalue weighted by Crippen LogP contribution is -2.34. The molecule has 3 aromatic rings. The van der Waals surface area contributed by atoms with Gasteiger partial charge in [-0.05, 0) is 36.6 Å². The summed E-state index contributed by atoms with van der Waals surface area (Å²) in [6.45, 7) is 4.38. The second-order valence-corrected chi connectivity index (χ2v) is 10.8. The molecule has 0 bridgehead atoms. The quantitative estimate of drug-likeness (QED) is 0.518. The number of nitrogens with zero attached hydrogens (tertiary/aromatic N) is 4. The van der Waals surface area contributed by atoms with Crippen molar-refractivity contribution < 1.29 is 13.2 Å². The monoisotopic (exact) mass is 474 g/mol. The lowest BCUT2D eigenvalue weighted by atomic mass is 10.1. The molecule has 1 aliphatic heterocycles. The summed E-state index contributed by atoms with van der Waals surface area (Å²) in [5, 5.41) is 0. The minimum atomic E-state index is -3.21. The number of likely N-dealkylation sites (N-methyl/N-ethyl adjacent to an activating group) is 1. The number of sulfone groups is 1. The van der Waals surface area contributed by atoms with Crippen molar-refractivity contribution in [2.45, 2.75) is 37.5 Å². The summed E-state index contributed by atoms with van der Waals surface area (Å²) in [5.41, 5.74) is 4.51. The topological polar surface area (TPSA) is 83.5 Å². The van der Waals surface area contributed by atoms with Gasteiger partial charge >= 0.3 is 0 Å². The Balaban J connectivity index is 0.000000204. The number of carbonyl (C=O) groups excluding carboxylic acids is 1. The van der Waals surface area contributed by atoms with Crippen LogP contribution in [-0.2, 0) is 21.1 Å². The SMILES string of the molecule is CCCc1cccc2ncsc12.CN(CCN1CCCC1=O)c1ccc(S(C)(=O)=O)cn1. The van der Waals surface area contributed by atoms with Crippen molar-refractivity contribution in [3.63, 3.8) is 0 Å². The molecule has 0 saturated carbocycles. The van der Waals surface area contributed by atoms with E-state index < -0.39 is 9.84 Å². The summed E-state index contributed by atoms with van der Waals surface area (Å²) in [4.78, 5) is 23.9. The van der Waals surface area contributed by atoms with Crippen LogP contribution in [0.3, 0.4) is 0 Å². The predicted octanol–water partition coefficient (Wildman–Crippen LogP) is 3.79. The molecule has 0 unspecified atom stereocenters. The third-order valence-corrected chi connectivity index (χ3v) is 7.39.